The number of sulfone groups is 1. The van der Waals surface area contributed by atoms with Gasteiger partial charge in [0.25, 0.3) is 0 Å². The summed E-state index contributed by atoms with van der Waals surface area (Å²) in [7, 11) is -3.39. The summed E-state index contributed by atoms with van der Waals surface area (Å²) >= 11 is 0. The van der Waals surface area contributed by atoms with Crippen LogP contribution in [0.5, 0.6) is 5.75 Å². The average molecular weight is 218 g/mol. The molecule has 3 nitrogen and oxygen atoms in total. The molecule has 0 atom stereocenters. The SMILES string of the molecule is O=S(=O)(CCCF)c1ccc(O)cc1. The Kier molecular flexibility index (Phi) is 3.46. The molecule has 5 heteroatoms. The Hall–Kier alpha value is -1.10. The summed E-state index contributed by atoms with van der Waals surface area (Å²) in [5.41, 5.74) is 0. The minimum Gasteiger partial charge on any atom is -0.508 e. The fourth-order valence-corrected chi connectivity index (χ4v) is 2.29. The predicted octanol–water partition coefficient (Wildman–Crippen LogP) is 1.53. The Labute approximate surface area is 82.1 Å². The lowest BCUT2D eigenvalue weighted by Gasteiger charge is -2.02. The third kappa shape index (κ3) is 2.70. The molecule has 1 aromatic carbocycles. The van der Waals surface area contributed by atoms with Gasteiger partial charge in [-0.2, -0.15) is 0 Å². The van der Waals surface area contributed by atoms with Crippen LogP contribution >= 0.6 is 0 Å². The van der Waals surface area contributed by atoms with Crippen molar-refractivity contribution in [3.05, 3.63) is 24.3 Å². The van der Waals surface area contributed by atoms with Crippen LogP contribution in [0.1, 0.15) is 6.42 Å². The Morgan fingerprint density at radius 1 is 1.21 bits per heavy atom. The van der Waals surface area contributed by atoms with Crippen molar-refractivity contribution in [3.8, 4) is 5.75 Å². The maximum absolute atomic E-state index is 11.8. The highest BCUT2D eigenvalue weighted by Gasteiger charge is 2.13. The van der Waals surface area contributed by atoms with E-state index < -0.39 is 16.5 Å². The topological polar surface area (TPSA) is 54.4 Å². The first kappa shape index (κ1) is 11.0. The normalized spacial score (nSPS) is 11.5. The van der Waals surface area contributed by atoms with Gasteiger partial charge < -0.3 is 5.11 Å². The quantitative estimate of drug-likeness (QED) is 0.833. The van der Waals surface area contributed by atoms with E-state index in [-0.39, 0.29) is 22.8 Å². The number of benzene rings is 1. The summed E-state index contributed by atoms with van der Waals surface area (Å²) in [5, 5.41) is 8.94. The number of alkyl halides is 1. The summed E-state index contributed by atoms with van der Waals surface area (Å²) in [4.78, 5) is 0.115. The van der Waals surface area contributed by atoms with E-state index in [4.69, 9.17) is 5.11 Å². The van der Waals surface area contributed by atoms with E-state index in [9.17, 15) is 12.8 Å². The first-order valence-corrected chi connectivity index (χ1v) is 5.79. The maximum Gasteiger partial charge on any atom is 0.178 e. The Morgan fingerprint density at radius 2 is 1.79 bits per heavy atom. The van der Waals surface area contributed by atoms with Crippen LogP contribution in [0.2, 0.25) is 0 Å². The molecule has 1 aromatic rings. The Balaban J connectivity index is 2.87. The first-order valence-electron chi connectivity index (χ1n) is 4.14. The standard InChI is InChI=1S/C9H11FO3S/c10-6-1-7-14(12,13)9-4-2-8(11)3-5-9/h2-5,11H,1,6-7H2. The summed E-state index contributed by atoms with van der Waals surface area (Å²) in [5.74, 6) is -0.191. The molecule has 0 bridgehead atoms. The van der Waals surface area contributed by atoms with E-state index in [1.54, 1.807) is 0 Å². The Morgan fingerprint density at radius 3 is 2.29 bits per heavy atom. The van der Waals surface area contributed by atoms with E-state index in [1.807, 2.05) is 0 Å². The van der Waals surface area contributed by atoms with Crippen LogP contribution in [0.15, 0.2) is 29.2 Å². The van der Waals surface area contributed by atoms with Gasteiger partial charge in [-0.1, -0.05) is 0 Å². The fraction of sp³-hybridized carbons (Fsp3) is 0.333. The van der Waals surface area contributed by atoms with Crippen molar-refractivity contribution < 1.29 is 17.9 Å². The average Bonchev–Trinajstić information content (AvgIpc) is 2.16. The molecule has 0 aliphatic heterocycles. The highest BCUT2D eigenvalue weighted by molar-refractivity contribution is 7.91. The molecule has 0 fully saturated rings. The van der Waals surface area contributed by atoms with Crippen molar-refractivity contribution in [2.45, 2.75) is 11.3 Å². The number of halogens is 1. The molecule has 1 rings (SSSR count). The van der Waals surface area contributed by atoms with Crippen molar-refractivity contribution in [1.29, 1.82) is 0 Å². The van der Waals surface area contributed by atoms with Gasteiger partial charge in [0.05, 0.1) is 17.3 Å². The second kappa shape index (κ2) is 4.41. The minimum atomic E-state index is -3.39. The fourth-order valence-electron chi connectivity index (χ4n) is 1.02. The summed E-state index contributed by atoms with van der Waals surface area (Å²) in [6.07, 6.45) is 0.00318. The molecule has 0 saturated carbocycles. The molecule has 0 amide bonds. The predicted molar refractivity (Wildman–Crippen MR) is 50.8 cm³/mol. The molecule has 0 aromatic heterocycles. The molecule has 14 heavy (non-hydrogen) atoms. The van der Waals surface area contributed by atoms with Crippen LogP contribution < -0.4 is 0 Å². The van der Waals surface area contributed by atoms with Crippen molar-refractivity contribution in [2.24, 2.45) is 0 Å². The summed E-state index contributed by atoms with van der Waals surface area (Å²) < 4.78 is 34.7. The molecule has 0 unspecified atom stereocenters. The summed E-state index contributed by atoms with van der Waals surface area (Å²) in [6.45, 7) is -0.642. The van der Waals surface area contributed by atoms with Gasteiger partial charge in [-0.25, -0.2) is 8.42 Å². The number of phenols is 1. The van der Waals surface area contributed by atoms with Gasteiger partial charge in [-0.05, 0) is 30.7 Å². The lowest BCUT2D eigenvalue weighted by Crippen LogP contribution is -2.07. The van der Waals surface area contributed by atoms with Crippen LogP contribution in [0.4, 0.5) is 4.39 Å². The first-order chi connectivity index (χ1) is 6.56. The molecule has 0 heterocycles. The number of rotatable bonds is 4. The van der Waals surface area contributed by atoms with Crippen molar-refractivity contribution in [3.63, 3.8) is 0 Å². The lowest BCUT2D eigenvalue weighted by atomic mass is 10.3. The highest BCUT2D eigenvalue weighted by Crippen LogP contribution is 2.16. The van der Waals surface area contributed by atoms with Crippen LogP contribution in [0, 0.1) is 0 Å². The molecule has 1 N–H and O–H groups in total. The van der Waals surface area contributed by atoms with E-state index in [0.29, 0.717) is 0 Å². The maximum atomic E-state index is 11.8. The Bertz CT molecular complexity index is 383. The highest BCUT2D eigenvalue weighted by atomic mass is 32.2. The third-order valence-electron chi connectivity index (χ3n) is 1.74. The monoisotopic (exact) mass is 218 g/mol. The molecule has 0 saturated heterocycles. The number of hydrogen-bond donors (Lipinski definition) is 1. The second-order valence-corrected chi connectivity index (χ2v) is 4.96. The minimum absolute atomic E-state index is 0.00318. The zero-order chi connectivity index (χ0) is 10.6. The zero-order valence-corrected chi connectivity index (χ0v) is 8.30. The zero-order valence-electron chi connectivity index (χ0n) is 7.48. The smallest absolute Gasteiger partial charge is 0.178 e. The van der Waals surface area contributed by atoms with Gasteiger partial charge in [0.1, 0.15) is 5.75 Å². The molecule has 0 spiro atoms. The molecule has 0 aliphatic rings. The van der Waals surface area contributed by atoms with E-state index >= 15 is 0 Å². The van der Waals surface area contributed by atoms with Crippen LogP contribution in [-0.2, 0) is 9.84 Å². The number of aromatic hydroxyl groups is 1. The van der Waals surface area contributed by atoms with E-state index in [1.165, 1.54) is 24.3 Å². The van der Waals surface area contributed by atoms with Gasteiger partial charge in [0, 0.05) is 0 Å². The molecular weight excluding hydrogens is 207 g/mol. The number of phenolic OH excluding ortho intramolecular Hbond substituents is 1. The van der Waals surface area contributed by atoms with Crippen LogP contribution in [0.25, 0.3) is 0 Å². The molecule has 0 aliphatic carbocycles. The largest absolute Gasteiger partial charge is 0.508 e. The van der Waals surface area contributed by atoms with Gasteiger partial charge in [0.2, 0.25) is 0 Å². The molecular formula is C9H11FO3S. The molecule has 78 valence electrons. The van der Waals surface area contributed by atoms with Crippen LogP contribution in [-0.4, -0.2) is 26.0 Å². The molecule has 0 radical (unpaired) electrons. The van der Waals surface area contributed by atoms with Gasteiger partial charge in [0.15, 0.2) is 9.84 Å². The van der Waals surface area contributed by atoms with Crippen molar-refractivity contribution in [2.75, 3.05) is 12.4 Å². The van der Waals surface area contributed by atoms with Gasteiger partial charge >= 0.3 is 0 Å². The lowest BCUT2D eigenvalue weighted by molar-refractivity contribution is 0.474. The van der Waals surface area contributed by atoms with Gasteiger partial charge in [-0.3, -0.25) is 4.39 Å². The van der Waals surface area contributed by atoms with E-state index in [2.05, 4.69) is 0 Å². The van der Waals surface area contributed by atoms with E-state index in [0.717, 1.165) is 0 Å². The van der Waals surface area contributed by atoms with Crippen molar-refractivity contribution >= 4 is 9.84 Å². The van der Waals surface area contributed by atoms with Crippen LogP contribution in [0.3, 0.4) is 0 Å². The van der Waals surface area contributed by atoms with Gasteiger partial charge in [-0.15, -0.1) is 0 Å². The third-order valence-corrected chi connectivity index (χ3v) is 3.56. The summed E-state index contributed by atoms with van der Waals surface area (Å²) in [6, 6.07) is 5.20. The number of hydrogen-bond acceptors (Lipinski definition) is 3. The second-order valence-electron chi connectivity index (χ2n) is 2.86. The van der Waals surface area contributed by atoms with Crippen molar-refractivity contribution in [1.82, 2.24) is 0 Å².